The van der Waals surface area contributed by atoms with Crippen LogP contribution in [0.4, 0.5) is 4.39 Å². The number of thiophene rings is 1. The van der Waals surface area contributed by atoms with Gasteiger partial charge in [-0.05, 0) is 69.8 Å². The summed E-state index contributed by atoms with van der Waals surface area (Å²) in [5.41, 5.74) is 2.78. The average Bonchev–Trinajstić information content (AvgIpc) is 2.70. The van der Waals surface area contributed by atoms with Crippen LogP contribution >= 0.6 is 33.9 Å². The van der Waals surface area contributed by atoms with Gasteiger partial charge in [-0.15, -0.1) is 11.3 Å². The summed E-state index contributed by atoms with van der Waals surface area (Å²) in [7, 11) is 0. The van der Waals surface area contributed by atoms with Crippen LogP contribution in [0.25, 0.3) is 0 Å². The first kappa shape index (κ1) is 13.0. The van der Waals surface area contributed by atoms with E-state index in [-0.39, 0.29) is 5.82 Å². The van der Waals surface area contributed by atoms with Crippen LogP contribution in [0.1, 0.15) is 22.8 Å². The van der Waals surface area contributed by atoms with Gasteiger partial charge in [0.15, 0.2) is 0 Å². The van der Waals surface area contributed by atoms with Crippen LogP contribution in [0.3, 0.4) is 0 Å². The molecule has 1 N–H and O–H groups in total. The minimum atomic E-state index is -0.560. The van der Waals surface area contributed by atoms with Gasteiger partial charge in [0.2, 0.25) is 0 Å². The lowest BCUT2D eigenvalue weighted by Crippen LogP contribution is -2.02. The molecule has 4 heteroatoms. The van der Waals surface area contributed by atoms with Crippen LogP contribution < -0.4 is 0 Å². The molecular formula is C13H12FIOS. The Balaban J connectivity index is 2.18. The average molecular weight is 362 g/mol. The van der Waals surface area contributed by atoms with E-state index in [1.54, 1.807) is 17.4 Å². The van der Waals surface area contributed by atoms with E-state index in [1.807, 2.05) is 18.4 Å². The number of hydrogen-bond acceptors (Lipinski definition) is 2. The molecule has 90 valence electrons. The van der Waals surface area contributed by atoms with E-state index in [0.717, 1.165) is 19.6 Å². The van der Waals surface area contributed by atoms with Crippen LogP contribution in [-0.2, 0) is 6.42 Å². The fraction of sp³-hybridized carbons (Fsp3) is 0.231. The molecule has 1 aromatic carbocycles. The Hall–Kier alpha value is -0.460. The highest BCUT2D eigenvalue weighted by Crippen LogP contribution is 2.26. The zero-order valence-corrected chi connectivity index (χ0v) is 12.3. The Morgan fingerprint density at radius 3 is 2.82 bits per heavy atom. The standard InChI is InChI=1S/C13H12FIOS/c1-8-2-3-11(14)4-9(8)5-12(16)10-6-13(15)17-7-10/h2-4,6-7,12,16H,5H2,1H3. The molecule has 0 radical (unpaired) electrons. The van der Waals surface area contributed by atoms with Gasteiger partial charge in [0.1, 0.15) is 5.82 Å². The quantitative estimate of drug-likeness (QED) is 0.816. The molecule has 0 spiro atoms. The highest BCUT2D eigenvalue weighted by molar-refractivity contribution is 14.1. The van der Waals surface area contributed by atoms with Crippen molar-refractivity contribution < 1.29 is 9.50 Å². The van der Waals surface area contributed by atoms with Crippen molar-refractivity contribution in [3.8, 4) is 0 Å². The first-order valence-corrected chi connectivity index (χ1v) is 7.19. The molecule has 17 heavy (non-hydrogen) atoms. The number of aliphatic hydroxyl groups excluding tert-OH is 1. The highest BCUT2D eigenvalue weighted by Gasteiger charge is 2.12. The van der Waals surface area contributed by atoms with E-state index in [2.05, 4.69) is 22.6 Å². The van der Waals surface area contributed by atoms with Crippen LogP contribution in [0.2, 0.25) is 0 Å². The summed E-state index contributed by atoms with van der Waals surface area (Å²) in [6.07, 6.45) is -0.105. The van der Waals surface area contributed by atoms with Crippen molar-refractivity contribution in [3.63, 3.8) is 0 Å². The maximum atomic E-state index is 13.1. The fourth-order valence-electron chi connectivity index (χ4n) is 1.68. The van der Waals surface area contributed by atoms with Crippen molar-refractivity contribution in [1.29, 1.82) is 0 Å². The van der Waals surface area contributed by atoms with Crippen LogP contribution in [-0.4, -0.2) is 5.11 Å². The van der Waals surface area contributed by atoms with E-state index in [1.165, 1.54) is 12.1 Å². The molecule has 1 nitrogen and oxygen atoms in total. The van der Waals surface area contributed by atoms with Gasteiger partial charge in [-0.25, -0.2) is 4.39 Å². The summed E-state index contributed by atoms with van der Waals surface area (Å²) in [6.45, 7) is 1.93. The summed E-state index contributed by atoms with van der Waals surface area (Å²) in [5.74, 6) is -0.252. The zero-order chi connectivity index (χ0) is 12.4. The molecule has 1 heterocycles. The van der Waals surface area contributed by atoms with Gasteiger partial charge in [-0.3, -0.25) is 0 Å². The largest absolute Gasteiger partial charge is 0.388 e. The van der Waals surface area contributed by atoms with Crippen molar-refractivity contribution >= 4 is 33.9 Å². The summed E-state index contributed by atoms with van der Waals surface area (Å²) in [5, 5.41) is 12.0. The summed E-state index contributed by atoms with van der Waals surface area (Å²) >= 11 is 3.83. The van der Waals surface area contributed by atoms with Crippen molar-refractivity contribution in [2.75, 3.05) is 0 Å². The molecule has 0 aliphatic carbocycles. The van der Waals surface area contributed by atoms with E-state index >= 15 is 0 Å². The number of halogens is 2. The lowest BCUT2D eigenvalue weighted by Gasteiger charge is -2.11. The second-order valence-corrected chi connectivity index (χ2v) is 6.78. The van der Waals surface area contributed by atoms with E-state index in [9.17, 15) is 9.50 Å². The summed E-state index contributed by atoms with van der Waals surface area (Å²) in [6, 6.07) is 6.65. The number of aryl methyl sites for hydroxylation is 1. The SMILES string of the molecule is Cc1ccc(F)cc1CC(O)c1csc(I)c1. The van der Waals surface area contributed by atoms with Crippen molar-refractivity contribution in [2.24, 2.45) is 0 Å². The number of aliphatic hydroxyl groups is 1. The Labute approximate surface area is 117 Å². The topological polar surface area (TPSA) is 20.2 Å². The number of benzene rings is 1. The third-order valence-corrected chi connectivity index (χ3v) is 4.50. The maximum Gasteiger partial charge on any atom is 0.123 e. The fourth-order valence-corrected chi connectivity index (χ4v) is 3.10. The highest BCUT2D eigenvalue weighted by atomic mass is 127. The van der Waals surface area contributed by atoms with Crippen molar-refractivity contribution in [3.05, 3.63) is 55.0 Å². The minimum absolute atomic E-state index is 0.252. The molecule has 1 unspecified atom stereocenters. The lowest BCUT2D eigenvalue weighted by atomic mass is 10.00. The Morgan fingerprint density at radius 2 is 2.18 bits per heavy atom. The molecule has 0 amide bonds. The van der Waals surface area contributed by atoms with E-state index in [0.29, 0.717) is 6.42 Å². The second kappa shape index (κ2) is 5.46. The number of hydrogen-bond donors (Lipinski definition) is 1. The summed E-state index contributed by atoms with van der Waals surface area (Å²) in [4.78, 5) is 0. The molecule has 0 aliphatic rings. The third-order valence-electron chi connectivity index (χ3n) is 2.70. The Morgan fingerprint density at radius 1 is 1.41 bits per heavy atom. The van der Waals surface area contributed by atoms with Gasteiger partial charge in [-0.2, -0.15) is 0 Å². The molecule has 0 saturated heterocycles. The second-order valence-electron chi connectivity index (χ2n) is 3.97. The number of rotatable bonds is 3. The smallest absolute Gasteiger partial charge is 0.123 e. The lowest BCUT2D eigenvalue weighted by molar-refractivity contribution is 0.178. The third kappa shape index (κ3) is 3.26. The minimum Gasteiger partial charge on any atom is -0.388 e. The van der Waals surface area contributed by atoms with Crippen molar-refractivity contribution in [2.45, 2.75) is 19.4 Å². The van der Waals surface area contributed by atoms with Gasteiger partial charge in [0.25, 0.3) is 0 Å². The molecule has 2 rings (SSSR count). The predicted octanol–water partition coefficient (Wildman–Crippen LogP) is 4.08. The Kier molecular flexibility index (Phi) is 4.17. The molecule has 0 aliphatic heterocycles. The van der Waals surface area contributed by atoms with Crippen LogP contribution in [0.15, 0.2) is 29.6 Å². The van der Waals surface area contributed by atoms with Gasteiger partial charge in [0.05, 0.1) is 8.99 Å². The molecule has 0 bridgehead atoms. The normalized spacial score (nSPS) is 12.7. The molecule has 0 saturated carbocycles. The first-order chi connectivity index (χ1) is 8.06. The van der Waals surface area contributed by atoms with Gasteiger partial charge < -0.3 is 5.11 Å². The predicted molar refractivity (Wildman–Crippen MR) is 76.8 cm³/mol. The monoisotopic (exact) mass is 362 g/mol. The molecule has 1 atom stereocenters. The van der Waals surface area contributed by atoms with Gasteiger partial charge in [-0.1, -0.05) is 6.07 Å². The van der Waals surface area contributed by atoms with Gasteiger partial charge in [0, 0.05) is 6.42 Å². The summed E-state index contributed by atoms with van der Waals surface area (Å²) < 4.78 is 14.3. The van der Waals surface area contributed by atoms with Gasteiger partial charge >= 0.3 is 0 Å². The maximum absolute atomic E-state index is 13.1. The molecular weight excluding hydrogens is 350 g/mol. The molecule has 1 aromatic heterocycles. The molecule has 0 fully saturated rings. The Bertz CT molecular complexity index is 524. The van der Waals surface area contributed by atoms with E-state index in [4.69, 9.17) is 0 Å². The zero-order valence-electron chi connectivity index (χ0n) is 9.28. The molecule has 2 aromatic rings. The van der Waals surface area contributed by atoms with Crippen molar-refractivity contribution in [1.82, 2.24) is 0 Å². The first-order valence-electron chi connectivity index (χ1n) is 5.23. The van der Waals surface area contributed by atoms with Crippen LogP contribution in [0, 0.1) is 15.6 Å². The van der Waals surface area contributed by atoms with Crippen LogP contribution in [0.5, 0.6) is 0 Å². The van der Waals surface area contributed by atoms with E-state index < -0.39 is 6.10 Å².